The van der Waals surface area contributed by atoms with Gasteiger partial charge in [-0.05, 0) is 12.1 Å². The van der Waals surface area contributed by atoms with Crippen molar-refractivity contribution in [1.29, 1.82) is 0 Å². The Balaban J connectivity index is 1.77. The van der Waals surface area contributed by atoms with E-state index in [1.165, 1.54) is 11.3 Å². The third-order valence-electron chi connectivity index (χ3n) is 3.01. The van der Waals surface area contributed by atoms with Gasteiger partial charge in [0, 0.05) is 5.56 Å². The molecule has 1 aromatic heterocycles. The van der Waals surface area contributed by atoms with Gasteiger partial charge in [0.1, 0.15) is 5.75 Å². The zero-order chi connectivity index (χ0) is 14.5. The first-order valence-electron chi connectivity index (χ1n) is 6.61. The Morgan fingerprint density at radius 3 is 2.38 bits per heavy atom. The number of nitrogens with zero attached hydrogens (tertiary/aromatic N) is 1. The first-order valence-corrected chi connectivity index (χ1v) is 7.49. The first kappa shape index (κ1) is 13.5. The molecule has 0 radical (unpaired) electrons. The highest BCUT2D eigenvalue weighted by atomic mass is 32.1. The normalized spacial score (nSPS) is 10.3. The monoisotopic (exact) mass is 296 g/mol. The van der Waals surface area contributed by atoms with Crippen LogP contribution in [0.25, 0.3) is 0 Å². The van der Waals surface area contributed by atoms with Crippen molar-refractivity contribution in [2.45, 2.75) is 6.54 Å². The topological polar surface area (TPSA) is 30.2 Å². The average Bonchev–Trinajstić information content (AvgIpc) is 2.97. The molecule has 0 saturated heterocycles. The lowest BCUT2D eigenvalue weighted by Crippen LogP contribution is -2.38. The molecule has 0 spiro atoms. The summed E-state index contributed by atoms with van der Waals surface area (Å²) in [6.07, 6.45) is 1.90. The summed E-state index contributed by atoms with van der Waals surface area (Å²) in [6.45, 7) is 0.656. The summed E-state index contributed by atoms with van der Waals surface area (Å²) in [6, 6.07) is 19.1. The molecule has 4 heteroatoms. The summed E-state index contributed by atoms with van der Waals surface area (Å²) in [5, 5.41) is 2.48. The molecular weight excluding hydrogens is 282 g/mol. The molecule has 2 aromatic carbocycles. The minimum atomic E-state index is -0.327. The number of rotatable bonds is 4. The molecule has 0 N–H and O–H groups in total. The Labute approximate surface area is 127 Å². The Kier molecular flexibility index (Phi) is 4.07. The smallest absolute Gasteiger partial charge is 0.418 e. The van der Waals surface area contributed by atoms with Crippen LogP contribution >= 0.6 is 11.3 Å². The van der Waals surface area contributed by atoms with Crippen LogP contribution < -0.4 is 9.30 Å². The Morgan fingerprint density at radius 2 is 1.67 bits per heavy atom. The van der Waals surface area contributed by atoms with E-state index in [1.807, 2.05) is 64.7 Å². The van der Waals surface area contributed by atoms with Gasteiger partial charge in [-0.15, -0.1) is 0 Å². The molecule has 0 fully saturated rings. The lowest BCUT2D eigenvalue weighted by Gasteiger charge is -2.01. The van der Waals surface area contributed by atoms with E-state index in [4.69, 9.17) is 4.74 Å². The zero-order valence-corrected chi connectivity index (χ0v) is 12.1. The lowest BCUT2D eigenvalue weighted by molar-refractivity contribution is -0.685. The van der Waals surface area contributed by atoms with E-state index in [2.05, 4.69) is 0 Å². The minimum Gasteiger partial charge on any atom is -0.418 e. The lowest BCUT2D eigenvalue weighted by atomic mass is 10.2. The molecule has 0 atom stereocenters. The van der Waals surface area contributed by atoms with Crippen LogP contribution in [-0.2, 0) is 6.54 Å². The second-order valence-electron chi connectivity index (χ2n) is 4.52. The molecule has 0 aliphatic carbocycles. The van der Waals surface area contributed by atoms with Crippen molar-refractivity contribution >= 4 is 17.3 Å². The minimum absolute atomic E-state index is 0.327. The summed E-state index contributed by atoms with van der Waals surface area (Å²) in [5.41, 5.74) is 1.15. The van der Waals surface area contributed by atoms with Gasteiger partial charge in [-0.25, -0.2) is 4.79 Å². The molecule has 0 bridgehead atoms. The molecular formula is C17H14NO2S+. The molecule has 0 amide bonds. The fourth-order valence-corrected chi connectivity index (χ4v) is 2.75. The van der Waals surface area contributed by atoms with E-state index in [0.717, 1.165) is 5.56 Å². The van der Waals surface area contributed by atoms with Gasteiger partial charge in [0.15, 0.2) is 12.7 Å². The van der Waals surface area contributed by atoms with Crippen LogP contribution in [0.1, 0.15) is 15.4 Å². The summed E-state index contributed by atoms with van der Waals surface area (Å²) in [7, 11) is 0. The summed E-state index contributed by atoms with van der Waals surface area (Å²) in [4.78, 5) is 12.3. The van der Waals surface area contributed by atoms with Crippen molar-refractivity contribution in [2.24, 2.45) is 0 Å². The van der Waals surface area contributed by atoms with Gasteiger partial charge in [0.25, 0.3) is 0 Å². The number of ether oxygens (including phenoxy) is 1. The number of carbonyl (C=O) groups is 1. The molecule has 0 aliphatic rings. The van der Waals surface area contributed by atoms with Crippen molar-refractivity contribution in [1.82, 2.24) is 0 Å². The zero-order valence-electron chi connectivity index (χ0n) is 11.3. The number of aromatic nitrogens is 1. The van der Waals surface area contributed by atoms with Gasteiger partial charge in [-0.1, -0.05) is 59.9 Å². The maximum atomic E-state index is 12.3. The van der Waals surface area contributed by atoms with Crippen LogP contribution in [0.5, 0.6) is 5.75 Å². The second-order valence-corrected chi connectivity index (χ2v) is 5.42. The molecule has 104 valence electrons. The van der Waals surface area contributed by atoms with Gasteiger partial charge in [0.2, 0.25) is 0 Å². The fourth-order valence-electron chi connectivity index (χ4n) is 2.01. The van der Waals surface area contributed by atoms with Crippen LogP contribution in [0.2, 0.25) is 0 Å². The van der Waals surface area contributed by atoms with Crippen molar-refractivity contribution in [3.05, 3.63) is 82.8 Å². The van der Waals surface area contributed by atoms with Gasteiger partial charge in [-0.3, -0.25) is 0 Å². The quantitative estimate of drug-likeness (QED) is 0.420. The molecule has 1 heterocycles. The Bertz CT molecular complexity index is 723. The van der Waals surface area contributed by atoms with E-state index in [-0.39, 0.29) is 5.97 Å². The molecule has 3 rings (SSSR count). The predicted molar refractivity (Wildman–Crippen MR) is 81.5 cm³/mol. The SMILES string of the molecule is O=C(Oc1ccccc1)c1scc[n+]1Cc1ccccc1. The van der Waals surface area contributed by atoms with E-state index < -0.39 is 0 Å². The molecule has 0 unspecified atom stereocenters. The summed E-state index contributed by atoms with van der Waals surface area (Å²) in [5.74, 6) is 0.231. The number of para-hydroxylation sites is 1. The number of esters is 1. The van der Waals surface area contributed by atoms with Crippen molar-refractivity contribution in [2.75, 3.05) is 0 Å². The van der Waals surface area contributed by atoms with Crippen LogP contribution in [0.3, 0.4) is 0 Å². The summed E-state index contributed by atoms with van der Waals surface area (Å²) >= 11 is 1.38. The van der Waals surface area contributed by atoms with Crippen molar-refractivity contribution < 1.29 is 14.1 Å². The van der Waals surface area contributed by atoms with Crippen LogP contribution in [0.4, 0.5) is 0 Å². The maximum absolute atomic E-state index is 12.3. The van der Waals surface area contributed by atoms with Crippen LogP contribution in [-0.4, -0.2) is 5.97 Å². The highest BCUT2D eigenvalue weighted by molar-refractivity contribution is 7.11. The van der Waals surface area contributed by atoms with Crippen molar-refractivity contribution in [3.63, 3.8) is 0 Å². The van der Waals surface area contributed by atoms with Gasteiger partial charge in [0.05, 0.1) is 5.38 Å². The number of benzene rings is 2. The number of carbonyl (C=O) groups excluding carboxylic acids is 1. The number of thiazole rings is 1. The van der Waals surface area contributed by atoms with Gasteiger partial charge < -0.3 is 4.74 Å². The maximum Gasteiger partial charge on any atom is 0.420 e. The highest BCUT2D eigenvalue weighted by Crippen LogP contribution is 2.13. The Hall–Kier alpha value is -2.46. The molecule has 3 nitrogen and oxygen atoms in total. The molecule has 0 aliphatic heterocycles. The Morgan fingerprint density at radius 1 is 1.00 bits per heavy atom. The van der Waals surface area contributed by atoms with E-state index in [1.54, 1.807) is 12.1 Å². The summed E-state index contributed by atoms with van der Waals surface area (Å²) < 4.78 is 7.30. The molecule has 0 saturated carbocycles. The number of hydrogen-bond donors (Lipinski definition) is 0. The van der Waals surface area contributed by atoms with Crippen molar-refractivity contribution in [3.8, 4) is 5.75 Å². The highest BCUT2D eigenvalue weighted by Gasteiger charge is 2.23. The van der Waals surface area contributed by atoms with Crippen LogP contribution in [0.15, 0.2) is 72.2 Å². The largest absolute Gasteiger partial charge is 0.420 e. The van der Waals surface area contributed by atoms with Gasteiger partial charge >= 0.3 is 11.0 Å². The third kappa shape index (κ3) is 3.35. The average molecular weight is 296 g/mol. The number of hydrogen-bond acceptors (Lipinski definition) is 3. The molecule has 3 aromatic rings. The predicted octanol–water partition coefficient (Wildman–Crippen LogP) is 3.30. The van der Waals surface area contributed by atoms with E-state index in [0.29, 0.717) is 17.3 Å². The fraction of sp³-hybridized carbons (Fsp3) is 0.0588. The van der Waals surface area contributed by atoms with Gasteiger partial charge in [-0.2, -0.15) is 4.57 Å². The van der Waals surface area contributed by atoms with E-state index >= 15 is 0 Å². The van der Waals surface area contributed by atoms with E-state index in [9.17, 15) is 4.79 Å². The first-order chi connectivity index (χ1) is 10.3. The standard InChI is InChI=1S/C17H14NO2S/c19-17(20-15-9-5-2-6-10-15)16-18(11-12-21-16)13-14-7-3-1-4-8-14/h1-12H,13H2/q+1. The molecule has 21 heavy (non-hydrogen) atoms. The second kappa shape index (κ2) is 6.33. The van der Waals surface area contributed by atoms with Crippen LogP contribution in [0, 0.1) is 0 Å². The third-order valence-corrected chi connectivity index (χ3v) is 3.89.